The molecule has 0 radical (unpaired) electrons. The Morgan fingerprint density at radius 1 is 1.37 bits per heavy atom. The van der Waals surface area contributed by atoms with Crippen molar-refractivity contribution in [3.63, 3.8) is 0 Å². The van der Waals surface area contributed by atoms with Crippen LogP contribution in [0.25, 0.3) is 0 Å². The number of aryl methyl sites for hydroxylation is 1. The normalized spacial score (nSPS) is 12.4. The van der Waals surface area contributed by atoms with E-state index in [-0.39, 0.29) is 24.1 Å². The van der Waals surface area contributed by atoms with E-state index in [0.717, 1.165) is 5.56 Å². The Morgan fingerprint density at radius 2 is 2.00 bits per heavy atom. The van der Waals surface area contributed by atoms with Gasteiger partial charge in [0.25, 0.3) is 0 Å². The van der Waals surface area contributed by atoms with Crippen LogP contribution in [0.3, 0.4) is 0 Å². The van der Waals surface area contributed by atoms with Crippen molar-refractivity contribution in [1.82, 2.24) is 4.31 Å². The number of aliphatic hydroxyl groups excluding tert-OH is 1. The fourth-order valence-corrected chi connectivity index (χ4v) is 3.84. The van der Waals surface area contributed by atoms with Crippen molar-refractivity contribution in [2.45, 2.75) is 38.3 Å². The van der Waals surface area contributed by atoms with Crippen LogP contribution < -0.4 is 5.73 Å². The first-order valence-electron chi connectivity index (χ1n) is 6.27. The highest BCUT2D eigenvalue weighted by Gasteiger charge is 2.27. The fraction of sp³-hybridized carbons (Fsp3) is 0.538. The third kappa shape index (κ3) is 3.54. The summed E-state index contributed by atoms with van der Waals surface area (Å²) in [6.45, 7) is 5.61. The van der Waals surface area contributed by atoms with Gasteiger partial charge in [-0.15, -0.1) is 0 Å². The zero-order valence-electron chi connectivity index (χ0n) is 11.6. The summed E-state index contributed by atoms with van der Waals surface area (Å²) in [4.78, 5) is 0.270. The van der Waals surface area contributed by atoms with Gasteiger partial charge in [0.15, 0.2) is 0 Å². The predicted molar refractivity (Wildman–Crippen MR) is 75.2 cm³/mol. The maximum atomic E-state index is 12.6. The summed E-state index contributed by atoms with van der Waals surface area (Å²) in [7, 11) is -3.59. The number of benzene rings is 1. The lowest BCUT2D eigenvalue weighted by Crippen LogP contribution is -2.39. The molecule has 0 aliphatic heterocycles. The van der Waals surface area contributed by atoms with Gasteiger partial charge in [0.2, 0.25) is 10.0 Å². The van der Waals surface area contributed by atoms with E-state index in [1.54, 1.807) is 39.0 Å². The van der Waals surface area contributed by atoms with Crippen molar-refractivity contribution < 1.29 is 13.5 Å². The molecular formula is C13H22N2O3S. The van der Waals surface area contributed by atoms with E-state index in [2.05, 4.69) is 0 Å². The average Bonchev–Trinajstić information content (AvgIpc) is 2.34. The first-order valence-corrected chi connectivity index (χ1v) is 7.71. The van der Waals surface area contributed by atoms with Crippen molar-refractivity contribution in [3.05, 3.63) is 29.3 Å². The number of hydrogen-bond acceptors (Lipinski definition) is 4. The summed E-state index contributed by atoms with van der Waals surface area (Å²) in [6, 6.07) is 4.88. The van der Waals surface area contributed by atoms with Crippen molar-refractivity contribution in [2.24, 2.45) is 5.73 Å². The maximum Gasteiger partial charge on any atom is 0.243 e. The molecule has 0 aliphatic carbocycles. The van der Waals surface area contributed by atoms with Gasteiger partial charge in [0.05, 0.1) is 11.5 Å². The van der Waals surface area contributed by atoms with Gasteiger partial charge >= 0.3 is 0 Å². The minimum Gasteiger partial charge on any atom is -0.395 e. The molecule has 0 bridgehead atoms. The lowest BCUT2D eigenvalue weighted by atomic mass is 10.1. The van der Waals surface area contributed by atoms with Crippen molar-refractivity contribution in [2.75, 3.05) is 13.2 Å². The number of hydrogen-bond donors (Lipinski definition) is 2. The SMILES string of the molecule is Cc1cc(CN)ccc1S(=O)(=O)N(CCO)C(C)C. The molecule has 1 aromatic rings. The van der Waals surface area contributed by atoms with Gasteiger partial charge in [-0.1, -0.05) is 12.1 Å². The van der Waals surface area contributed by atoms with Crippen LogP contribution in [-0.4, -0.2) is 37.0 Å². The minimum absolute atomic E-state index is 0.0953. The molecule has 0 saturated heterocycles. The molecule has 0 unspecified atom stereocenters. The van der Waals surface area contributed by atoms with Crippen LogP contribution >= 0.6 is 0 Å². The molecule has 0 atom stereocenters. The van der Waals surface area contributed by atoms with Crippen LogP contribution in [-0.2, 0) is 16.6 Å². The van der Waals surface area contributed by atoms with E-state index in [0.29, 0.717) is 12.1 Å². The summed E-state index contributed by atoms with van der Waals surface area (Å²) in [5, 5.41) is 9.02. The largest absolute Gasteiger partial charge is 0.395 e. The smallest absolute Gasteiger partial charge is 0.243 e. The fourth-order valence-electron chi connectivity index (χ4n) is 2.01. The standard InChI is InChI=1S/C13H22N2O3S/c1-10(2)15(6-7-16)19(17,18)13-5-4-12(9-14)8-11(13)3/h4-5,8,10,16H,6-7,9,14H2,1-3H3. The second kappa shape index (κ2) is 6.47. The van der Waals surface area contributed by atoms with Gasteiger partial charge in [-0.2, -0.15) is 4.31 Å². The molecule has 0 fully saturated rings. The molecule has 0 saturated carbocycles. The van der Waals surface area contributed by atoms with Gasteiger partial charge in [-0.3, -0.25) is 0 Å². The van der Waals surface area contributed by atoms with Gasteiger partial charge in [0.1, 0.15) is 0 Å². The Kier molecular flexibility index (Phi) is 5.49. The van der Waals surface area contributed by atoms with Crippen molar-refractivity contribution in [1.29, 1.82) is 0 Å². The van der Waals surface area contributed by atoms with Gasteiger partial charge < -0.3 is 10.8 Å². The summed E-state index contributed by atoms with van der Waals surface area (Å²) in [6.07, 6.45) is 0. The molecule has 1 aromatic carbocycles. The Morgan fingerprint density at radius 3 is 2.42 bits per heavy atom. The van der Waals surface area contributed by atoms with Gasteiger partial charge in [-0.05, 0) is 38.0 Å². The molecule has 0 spiro atoms. The minimum atomic E-state index is -3.59. The lowest BCUT2D eigenvalue weighted by molar-refractivity contribution is 0.236. The molecule has 0 aliphatic rings. The van der Waals surface area contributed by atoms with Gasteiger partial charge in [-0.25, -0.2) is 8.42 Å². The van der Waals surface area contributed by atoms with Crippen LogP contribution in [0.2, 0.25) is 0 Å². The second-order valence-corrected chi connectivity index (χ2v) is 6.60. The lowest BCUT2D eigenvalue weighted by Gasteiger charge is -2.26. The molecule has 108 valence electrons. The van der Waals surface area contributed by atoms with E-state index < -0.39 is 10.0 Å². The Hall–Kier alpha value is -0.950. The number of nitrogens with two attached hydrogens (primary N) is 1. The van der Waals surface area contributed by atoms with Crippen LogP contribution in [0, 0.1) is 6.92 Å². The topological polar surface area (TPSA) is 83.6 Å². The molecule has 0 aromatic heterocycles. The third-order valence-electron chi connectivity index (χ3n) is 2.96. The maximum absolute atomic E-state index is 12.6. The molecule has 0 heterocycles. The predicted octanol–water partition coefficient (Wildman–Crippen LogP) is 0.845. The monoisotopic (exact) mass is 286 g/mol. The number of sulfonamides is 1. The van der Waals surface area contributed by atoms with Gasteiger partial charge in [0, 0.05) is 19.1 Å². The zero-order valence-corrected chi connectivity index (χ0v) is 12.4. The van der Waals surface area contributed by atoms with Crippen molar-refractivity contribution >= 4 is 10.0 Å². The summed E-state index contributed by atoms with van der Waals surface area (Å²) in [5.74, 6) is 0. The van der Waals surface area contributed by atoms with E-state index >= 15 is 0 Å². The highest BCUT2D eigenvalue weighted by atomic mass is 32.2. The third-order valence-corrected chi connectivity index (χ3v) is 5.19. The highest BCUT2D eigenvalue weighted by Crippen LogP contribution is 2.22. The van der Waals surface area contributed by atoms with Crippen molar-refractivity contribution in [3.8, 4) is 0 Å². The summed E-state index contributed by atoms with van der Waals surface area (Å²) >= 11 is 0. The molecule has 19 heavy (non-hydrogen) atoms. The Bertz CT molecular complexity index is 527. The second-order valence-electron chi connectivity index (χ2n) is 4.74. The number of nitrogens with zero attached hydrogens (tertiary/aromatic N) is 1. The average molecular weight is 286 g/mol. The highest BCUT2D eigenvalue weighted by molar-refractivity contribution is 7.89. The Labute approximate surface area is 115 Å². The van der Waals surface area contributed by atoms with Crippen LogP contribution in [0.5, 0.6) is 0 Å². The first kappa shape index (κ1) is 16.1. The molecule has 6 heteroatoms. The van der Waals surface area contributed by atoms with E-state index in [1.807, 2.05) is 0 Å². The van der Waals surface area contributed by atoms with Crippen LogP contribution in [0.4, 0.5) is 0 Å². The molecule has 3 N–H and O–H groups in total. The zero-order chi connectivity index (χ0) is 14.6. The number of rotatable bonds is 6. The summed E-state index contributed by atoms with van der Waals surface area (Å²) < 4.78 is 26.4. The Balaban J connectivity index is 3.25. The molecule has 5 nitrogen and oxygen atoms in total. The van der Waals surface area contributed by atoms with E-state index in [4.69, 9.17) is 10.8 Å². The first-order chi connectivity index (χ1) is 8.84. The van der Waals surface area contributed by atoms with E-state index in [9.17, 15) is 8.42 Å². The van der Waals surface area contributed by atoms with Crippen LogP contribution in [0.15, 0.2) is 23.1 Å². The van der Waals surface area contributed by atoms with Crippen LogP contribution in [0.1, 0.15) is 25.0 Å². The molecule has 0 amide bonds. The molecular weight excluding hydrogens is 264 g/mol. The quantitative estimate of drug-likeness (QED) is 0.812. The summed E-state index contributed by atoms with van der Waals surface area (Å²) in [5.41, 5.74) is 7.11. The molecule has 1 rings (SSSR count). The number of aliphatic hydroxyl groups is 1. The van der Waals surface area contributed by atoms with E-state index in [1.165, 1.54) is 4.31 Å².